The molecule has 2 aromatic carbocycles. The number of hydrogen-bond donors (Lipinski definition) is 0. The van der Waals surface area contributed by atoms with Crippen LogP contribution in [0, 0.1) is 11.3 Å². The Balaban J connectivity index is 1.39. The van der Waals surface area contributed by atoms with Crippen LogP contribution in [-0.2, 0) is 10.2 Å². The summed E-state index contributed by atoms with van der Waals surface area (Å²) in [5.74, 6) is 1.07. The number of carbonyl (C=O) groups is 1. The standard InChI is InChI=1S/C21H23NO/c1-20(8-9-20)12-19(23)22-13-18-11-21(18,14-22)17-7-6-15-4-2-3-5-16(15)10-17/h2-7,10,18H,8-9,11-14H2,1H3/t18-,21+/m1/s1. The Labute approximate surface area is 137 Å². The first-order valence-electron chi connectivity index (χ1n) is 8.85. The molecular formula is C21H23NO. The van der Waals surface area contributed by atoms with E-state index in [1.54, 1.807) is 0 Å². The molecule has 1 heterocycles. The van der Waals surface area contributed by atoms with Gasteiger partial charge in [0.05, 0.1) is 0 Å². The third-order valence-corrected chi connectivity index (χ3v) is 6.50. The molecule has 2 aliphatic carbocycles. The Morgan fingerprint density at radius 2 is 1.96 bits per heavy atom. The van der Waals surface area contributed by atoms with Crippen LogP contribution in [0.3, 0.4) is 0 Å². The van der Waals surface area contributed by atoms with Gasteiger partial charge in [-0.3, -0.25) is 4.79 Å². The van der Waals surface area contributed by atoms with Crippen LogP contribution in [0.25, 0.3) is 10.8 Å². The predicted molar refractivity (Wildman–Crippen MR) is 92.3 cm³/mol. The van der Waals surface area contributed by atoms with Crippen molar-refractivity contribution in [2.24, 2.45) is 11.3 Å². The highest BCUT2D eigenvalue weighted by Gasteiger charge is 2.61. The second-order valence-corrected chi connectivity index (χ2v) is 8.38. The molecule has 1 aliphatic heterocycles. The molecule has 0 bridgehead atoms. The van der Waals surface area contributed by atoms with Crippen molar-refractivity contribution in [2.45, 2.75) is 38.0 Å². The molecule has 2 heteroatoms. The number of fused-ring (bicyclic) bond motifs is 2. The van der Waals surface area contributed by atoms with Crippen molar-refractivity contribution >= 4 is 16.7 Å². The lowest BCUT2D eigenvalue weighted by molar-refractivity contribution is -0.131. The number of benzene rings is 2. The predicted octanol–water partition coefficient (Wildman–Crippen LogP) is 4.13. The molecule has 118 valence electrons. The highest BCUT2D eigenvalue weighted by molar-refractivity contribution is 5.84. The fourth-order valence-electron chi connectivity index (χ4n) is 4.49. The Hall–Kier alpha value is -1.83. The summed E-state index contributed by atoms with van der Waals surface area (Å²) in [5, 5.41) is 2.62. The summed E-state index contributed by atoms with van der Waals surface area (Å²) >= 11 is 0. The molecule has 3 aliphatic rings. The van der Waals surface area contributed by atoms with Gasteiger partial charge in [-0.15, -0.1) is 0 Å². The summed E-state index contributed by atoms with van der Waals surface area (Å²) < 4.78 is 0. The number of likely N-dealkylation sites (tertiary alicyclic amines) is 1. The SMILES string of the molecule is CC1(CC(=O)N2C[C@H]3C[C@@]3(c3ccc4ccccc4c3)C2)CC1. The van der Waals surface area contributed by atoms with Gasteiger partial charge >= 0.3 is 0 Å². The van der Waals surface area contributed by atoms with Crippen molar-refractivity contribution in [3.05, 3.63) is 48.0 Å². The molecule has 1 saturated heterocycles. The summed E-state index contributed by atoms with van der Waals surface area (Å²) in [6, 6.07) is 15.4. The van der Waals surface area contributed by atoms with Gasteiger partial charge < -0.3 is 4.90 Å². The molecule has 0 radical (unpaired) electrons. The average Bonchev–Trinajstić information content (AvgIpc) is 3.43. The molecule has 23 heavy (non-hydrogen) atoms. The molecule has 2 aromatic rings. The fourth-order valence-corrected chi connectivity index (χ4v) is 4.49. The zero-order valence-corrected chi connectivity index (χ0v) is 13.7. The van der Waals surface area contributed by atoms with Gasteiger partial charge in [-0.25, -0.2) is 0 Å². The van der Waals surface area contributed by atoms with E-state index in [1.807, 2.05) is 0 Å². The molecule has 2 saturated carbocycles. The van der Waals surface area contributed by atoms with Crippen LogP contribution in [0.15, 0.2) is 42.5 Å². The lowest BCUT2D eigenvalue weighted by Gasteiger charge is -2.23. The Bertz CT molecular complexity index is 806. The minimum atomic E-state index is 0.254. The van der Waals surface area contributed by atoms with E-state index in [1.165, 1.54) is 35.6 Å². The molecule has 2 nitrogen and oxygen atoms in total. The van der Waals surface area contributed by atoms with E-state index < -0.39 is 0 Å². The van der Waals surface area contributed by atoms with Gasteiger partial charge in [0, 0.05) is 24.9 Å². The molecule has 5 rings (SSSR count). The largest absolute Gasteiger partial charge is 0.341 e. The number of rotatable bonds is 3. The molecule has 3 fully saturated rings. The van der Waals surface area contributed by atoms with E-state index in [9.17, 15) is 4.79 Å². The van der Waals surface area contributed by atoms with Crippen LogP contribution >= 0.6 is 0 Å². The van der Waals surface area contributed by atoms with Crippen LogP contribution in [0.4, 0.5) is 0 Å². The number of amides is 1. The Kier molecular flexibility index (Phi) is 2.58. The number of carbonyl (C=O) groups excluding carboxylic acids is 1. The van der Waals surface area contributed by atoms with E-state index in [0.29, 0.717) is 17.2 Å². The molecule has 0 spiro atoms. The molecular weight excluding hydrogens is 282 g/mol. The van der Waals surface area contributed by atoms with Gasteiger partial charge in [0.15, 0.2) is 0 Å². The van der Waals surface area contributed by atoms with Crippen LogP contribution in [0.1, 0.15) is 38.2 Å². The Morgan fingerprint density at radius 1 is 1.17 bits per heavy atom. The van der Waals surface area contributed by atoms with Crippen molar-refractivity contribution in [1.82, 2.24) is 4.90 Å². The summed E-state index contributed by atoms with van der Waals surface area (Å²) in [4.78, 5) is 14.7. The normalized spacial score (nSPS) is 30.3. The molecule has 0 unspecified atom stereocenters. The van der Waals surface area contributed by atoms with Crippen molar-refractivity contribution < 1.29 is 4.79 Å². The van der Waals surface area contributed by atoms with Crippen molar-refractivity contribution in [1.29, 1.82) is 0 Å². The number of nitrogens with zero attached hydrogens (tertiary/aromatic N) is 1. The summed E-state index contributed by atoms with van der Waals surface area (Å²) in [6.07, 6.45) is 4.47. The Morgan fingerprint density at radius 3 is 2.74 bits per heavy atom. The van der Waals surface area contributed by atoms with Crippen LogP contribution in [0.2, 0.25) is 0 Å². The summed E-state index contributed by atoms with van der Waals surface area (Å²) in [5.41, 5.74) is 2.01. The van der Waals surface area contributed by atoms with Crippen LogP contribution in [-0.4, -0.2) is 23.9 Å². The van der Waals surface area contributed by atoms with Crippen molar-refractivity contribution in [3.8, 4) is 0 Å². The second-order valence-electron chi connectivity index (χ2n) is 8.38. The third kappa shape index (κ3) is 2.11. The lowest BCUT2D eigenvalue weighted by atomic mass is 9.92. The van der Waals surface area contributed by atoms with Gasteiger partial charge in [-0.05, 0) is 46.9 Å². The molecule has 1 amide bonds. The average molecular weight is 305 g/mol. The van der Waals surface area contributed by atoms with E-state index in [-0.39, 0.29) is 5.41 Å². The maximum atomic E-state index is 12.6. The molecule has 0 N–H and O–H groups in total. The maximum absolute atomic E-state index is 12.6. The van der Waals surface area contributed by atoms with Crippen LogP contribution in [0.5, 0.6) is 0 Å². The van der Waals surface area contributed by atoms with E-state index >= 15 is 0 Å². The molecule has 0 aromatic heterocycles. The van der Waals surface area contributed by atoms with Gasteiger partial charge in [0.25, 0.3) is 0 Å². The summed E-state index contributed by atoms with van der Waals surface area (Å²) in [7, 11) is 0. The van der Waals surface area contributed by atoms with Crippen molar-refractivity contribution in [3.63, 3.8) is 0 Å². The lowest BCUT2D eigenvalue weighted by Crippen LogP contribution is -2.33. The second kappa shape index (κ2) is 4.37. The first-order chi connectivity index (χ1) is 11.1. The highest BCUT2D eigenvalue weighted by Crippen LogP contribution is 2.59. The zero-order valence-electron chi connectivity index (χ0n) is 13.7. The smallest absolute Gasteiger partial charge is 0.223 e. The minimum absolute atomic E-state index is 0.254. The third-order valence-electron chi connectivity index (χ3n) is 6.50. The monoisotopic (exact) mass is 305 g/mol. The minimum Gasteiger partial charge on any atom is -0.341 e. The molecule has 2 atom stereocenters. The van der Waals surface area contributed by atoms with Gasteiger partial charge in [0.2, 0.25) is 5.91 Å². The van der Waals surface area contributed by atoms with Gasteiger partial charge in [-0.2, -0.15) is 0 Å². The number of hydrogen-bond acceptors (Lipinski definition) is 1. The number of piperidine rings is 1. The van der Waals surface area contributed by atoms with E-state index in [0.717, 1.165) is 19.5 Å². The zero-order chi connectivity index (χ0) is 15.7. The topological polar surface area (TPSA) is 20.3 Å². The maximum Gasteiger partial charge on any atom is 0.223 e. The van der Waals surface area contributed by atoms with E-state index in [4.69, 9.17) is 0 Å². The van der Waals surface area contributed by atoms with E-state index in [2.05, 4.69) is 54.3 Å². The first-order valence-corrected chi connectivity index (χ1v) is 8.85. The highest BCUT2D eigenvalue weighted by atomic mass is 16.2. The van der Waals surface area contributed by atoms with Crippen LogP contribution < -0.4 is 0 Å². The van der Waals surface area contributed by atoms with Gasteiger partial charge in [-0.1, -0.05) is 49.4 Å². The van der Waals surface area contributed by atoms with Gasteiger partial charge in [0.1, 0.15) is 0 Å². The van der Waals surface area contributed by atoms with Crippen molar-refractivity contribution in [2.75, 3.05) is 13.1 Å². The fraction of sp³-hybridized carbons (Fsp3) is 0.476. The quantitative estimate of drug-likeness (QED) is 0.835. The first kappa shape index (κ1) is 13.6. The summed E-state index contributed by atoms with van der Waals surface area (Å²) in [6.45, 7) is 4.16.